The van der Waals surface area contributed by atoms with E-state index in [4.69, 9.17) is 0 Å². The molecule has 3 N–H and O–H groups in total. The molecule has 0 spiro atoms. The van der Waals surface area contributed by atoms with Crippen LogP contribution in [0.5, 0.6) is 0 Å². The van der Waals surface area contributed by atoms with Gasteiger partial charge in [0.1, 0.15) is 6.10 Å². The van der Waals surface area contributed by atoms with Crippen molar-refractivity contribution in [3.63, 3.8) is 0 Å². The van der Waals surface area contributed by atoms with Crippen molar-refractivity contribution in [1.82, 2.24) is 4.90 Å². The van der Waals surface area contributed by atoms with Gasteiger partial charge in [-0.25, -0.2) is 0 Å². The molecule has 110 valence electrons. The zero-order valence-corrected chi connectivity index (χ0v) is 11.7. The van der Waals surface area contributed by atoms with Crippen molar-refractivity contribution in [2.45, 2.75) is 37.6 Å². The number of β-amino-alcohol motifs (C(OH)–C–C–N with tert-alkyl or cyclic N) is 2. The van der Waals surface area contributed by atoms with Crippen LogP contribution >= 0.6 is 0 Å². The summed E-state index contributed by atoms with van der Waals surface area (Å²) in [5.74, 6) is 0.569. The number of fused-ring (bicyclic) bond motifs is 1. The molecule has 4 nitrogen and oxygen atoms in total. The van der Waals surface area contributed by atoms with Crippen LogP contribution in [0.4, 0.5) is 0 Å². The highest BCUT2D eigenvalue weighted by Gasteiger charge is 2.34. The molecular formula is C16H23NO3. The molecule has 4 heteroatoms. The van der Waals surface area contributed by atoms with E-state index in [-0.39, 0.29) is 0 Å². The molecule has 20 heavy (non-hydrogen) atoms. The molecule has 3 atom stereocenters. The van der Waals surface area contributed by atoms with E-state index in [0.717, 1.165) is 25.8 Å². The van der Waals surface area contributed by atoms with E-state index in [0.29, 0.717) is 19.0 Å². The Bertz CT molecular complexity index is 453. The van der Waals surface area contributed by atoms with Crippen LogP contribution in [0.1, 0.15) is 17.5 Å². The third-order valence-corrected chi connectivity index (χ3v) is 4.64. The Morgan fingerprint density at radius 1 is 1.00 bits per heavy atom. The molecule has 0 amide bonds. The average Bonchev–Trinajstić information content (AvgIpc) is 2.44. The Kier molecular flexibility index (Phi) is 4.08. The summed E-state index contributed by atoms with van der Waals surface area (Å²) in [6.07, 6.45) is 0.661. The average molecular weight is 277 g/mol. The Morgan fingerprint density at radius 2 is 1.65 bits per heavy atom. The monoisotopic (exact) mass is 277 g/mol. The van der Waals surface area contributed by atoms with Gasteiger partial charge in [-0.1, -0.05) is 24.3 Å². The molecule has 0 saturated carbocycles. The van der Waals surface area contributed by atoms with Gasteiger partial charge >= 0.3 is 0 Å². The van der Waals surface area contributed by atoms with Gasteiger partial charge in [-0.2, -0.15) is 0 Å². The third-order valence-electron chi connectivity index (χ3n) is 4.64. The summed E-state index contributed by atoms with van der Waals surface area (Å²) in [7, 11) is 0. The molecule has 0 radical (unpaired) electrons. The molecule has 3 unspecified atom stereocenters. The van der Waals surface area contributed by atoms with Crippen molar-refractivity contribution in [2.75, 3.05) is 19.6 Å². The van der Waals surface area contributed by atoms with Crippen molar-refractivity contribution >= 4 is 0 Å². The highest BCUT2D eigenvalue weighted by molar-refractivity contribution is 5.29. The van der Waals surface area contributed by atoms with Gasteiger partial charge in [0.25, 0.3) is 0 Å². The predicted molar refractivity (Wildman–Crippen MR) is 76.4 cm³/mol. The number of likely N-dealkylation sites (tertiary alicyclic amines) is 1. The van der Waals surface area contributed by atoms with Crippen LogP contribution in [-0.2, 0) is 12.8 Å². The van der Waals surface area contributed by atoms with E-state index >= 15 is 0 Å². The van der Waals surface area contributed by atoms with E-state index in [9.17, 15) is 15.3 Å². The third kappa shape index (κ3) is 2.88. The number of aliphatic hydroxyl groups excluding tert-OH is 3. The van der Waals surface area contributed by atoms with Crippen LogP contribution in [0.25, 0.3) is 0 Å². The number of nitrogens with zero attached hydrogens (tertiary/aromatic N) is 1. The van der Waals surface area contributed by atoms with Gasteiger partial charge in [0, 0.05) is 19.6 Å². The number of aryl methyl sites for hydroxylation is 1. The summed E-state index contributed by atoms with van der Waals surface area (Å²) < 4.78 is 0. The first-order chi connectivity index (χ1) is 9.63. The standard InChI is InChI=1S/C16H23NO3/c18-14-9-17(10-15(19)16(14)20)8-11-5-6-12-3-1-2-4-13(12)7-11/h1-4,11,14-16,18-20H,5-10H2. The van der Waals surface area contributed by atoms with Gasteiger partial charge in [-0.05, 0) is 36.3 Å². The minimum absolute atomic E-state index is 0.455. The fraction of sp³-hybridized carbons (Fsp3) is 0.625. The maximum Gasteiger partial charge on any atom is 0.108 e. The zero-order valence-electron chi connectivity index (χ0n) is 11.7. The van der Waals surface area contributed by atoms with Gasteiger partial charge < -0.3 is 15.3 Å². The first-order valence-corrected chi connectivity index (χ1v) is 7.47. The van der Waals surface area contributed by atoms with Crippen molar-refractivity contribution in [1.29, 1.82) is 0 Å². The largest absolute Gasteiger partial charge is 0.389 e. The Balaban J connectivity index is 1.60. The van der Waals surface area contributed by atoms with Gasteiger partial charge in [-0.3, -0.25) is 4.90 Å². The lowest BCUT2D eigenvalue weighted by atomic mass is 9.83. The summed E-state index contributed by atoms with van der Waals surface area (Å²) >= 11 is 0. The smallest absolute Gasteiger partial charge is 0.108 e. The quantitative estimate of drug-likeness (QED) is 0.722. The molecule has 1 aliphatic carbocycles. The Morgan fingerprint density at radius 3 is 2.35 bits per heavy atom. The summed E-state index contributed by atoms with van der Waals surface area (Å²) in [6, 6.07) is 8.59. The topological polar surface area (TPSA) is 63.9 Å². The second-order valence-corrected chi connectivity index (χ2v) is 6.22. The Hall–Kier alpha value is -0.940. The van der Waals surface area contributed by atoms with Crippen molar-refractivity contribution in [2.24, 2.45) is 5.92 Å². The molecular weight excluding hydrogens is 254 g/mol. The van der Waals surface area contributed by atoms with Gasteiger partial charge in [0.15, 0.2) is 0 Å². The van der Waals surface area contributed by atoms with Crippen LogP contribution in [0, 0.1) is 5.92 Å². The van der Waals surface area contributed by atoms with E-state index in [2.05, 4.69) is 29.2 Å². The van der Waals surface area contributed by atoms with E-state index in [1.165, 1.54) is 11.1 Å². The molecule has 1 fully saturated rings. The number of rotatable bonds is 2. The normalized spacial score (nSPS) is 34.8. The first kappa shape index (κ1) is 14.0. The maximum atomic E-state index is 9.75. The zero-order chi connectivity index (χ0) is 14.1. The van der Waals surface area contributed by atoms with Gasteiger partial charge in [-0.15, -0.1) is 0 Å². The van der Waals surface area contributed by atoms with Crippen LogP contribution in [0.2, 0.25) is 0 Å². The van der Waals surface area contributed by atoms with Gasteiger partial charge in [0.05, 0.1) is 12.2 Å². The molecule has 1 saturated heterocycles. The summed E-state index contributed by atoms with van der Waals surface area (Å²) in [5.41, 5.74) is 2.89. The second-order valence-electron chi connectivity index (χ2n) is 6.22. The van der Waals surface area contributed by atoms with Crippen LogP contribution in [0.15, 0.2) is 24.3 Å². The van der Waals surface area contributed by atoms with Crippen molar-refractivity contribution in [3.05, 3.63) is 35.4 Å². The molecule has 2 aliphatic rings. The van der Waals surface area contributed by atoms with E-state index in [1.807, 2.05) is 0 Å². The lowest BCUT2D eigenvalue weighted by molar-refractivity contribution is -0.112. The molecule has 1 aliphatic heterocycles. The molecule has 1 heterocycles. The SMILES string of the molecule is OC1CN(CC2CCc3ccccc3C2)CC(O)C1O. The minimum Gasteiger partial charge on any atom is -0.389 e. The molecule has 1 aromatic carbocycles. The number of hydrogen-bond donors (Lipinski definition) is 3. The lowest BCUT2D eigenvalue weighted by Gasteiger charge is -2.39. The minimum atomic E-state index is -1.00. The summed E-state index contributed by atoms with van der Waals surface area (Å²) in [5, 5.41) is 29.1. The summed E-state index contributed by atoms with van der Waals surface area (Å²) in [4.78, 5) is 2.08. The van der Waals surface area contributed by atoms with Crippen LogP contribution in [-0.4, -0.2) is 58.2 Å². The highest BCUT2D eigenvalue weighted by Crippen LogP contribution is 2.26. The second kappa shape index (κ2) is 5.82. The number of benzene rings is 1. The lowest BCUT2D eigenvalue weighted by Crippen LogP contribution is -2.56. The number of aliphatic hydroxyl groups is 3. The number of piperidine rings is 1. The fourth-order valence-electron chi connectivity index (χ4n) is 3.52. The molecule has 1 aromatic rings. The highest BCUT2D eigenvalue weighted by atomic mass is 16.4. The summed E-state index contributed by atoms with van der Waals surface area (Å²) in [6.45, 7) is 1.79. The van der Waals surface area contributed by atoms with Crippen molar-refractivity contribution in [3.8, 4) is 0 Å². The van der Waals surface area contributed by atoms with E-state index in [1.54, 1.807) is 0 Å². The maximum absolute atomic E-state index is 9.75. The van der Waals surface area contributed by atoms with Crippen LogP contribution in [0.3, 0.4) is 0 Å². The molecule has 0 bridgehead atoms. The predicted octanol–water partition coefficient (Wildman–Crippen LogP) is 0.190. The molecule has 0 aromatic heterocycles. The van der Waals surface area contributed by atoms with Crippen LogP contribution < -0.4 is 0 Å². The Labute approximate surface area is 119 Å². The molecule has 3 rings (SSSR count). The first-order valence-electron chi connectivity index (χ1n) is 7.47. The number of hydrogen-bond acceptors (Lipinski definition) is 4. The van der Waals surface area contributed by atoms with E-state index < -0.39 is 18.3 Å². The van der Waals surface area contributed by atoms with Crippen molar-refractivity contribution < 1.29 is 15.3 Å². The fourth-order valence-corrected chi connectivity index (χ4v) is 3.52. The van der Waals surface area contributed by atoms with Gasteiger partial charge in [0.2, 0.25) is 0 Å².